The molecule has 1 aromatic heterocycles. The Hall–Kier alpha value is -4.61. The summed E-state index contributed by atoms with van der Waals surface area (Å²) >= 11 is 0. The van der Waals surface area contributed by atoms with Crippen molar-refractivity contribution < 1.29 is 36.8 Å². The van der Waals surface area contributed by atoms with Gasteiger partial charge in [-0.15, -0.1) is 0 Å². The van der Waals surface area contributed by atoms with Gasteiger partial charge in [0.1, 0.15) is 0 Å². The van der Waals surface area contributed by atoms with Crippen molar-refractivity contribution in [1.29, 1.82) is 0 Å². The van der Waals surface area contributed by atoms with Gasteiger partial charge in [0, 0.05) is 39.3 Å². The van der Waals surface area contributed by atoms with Crippen molar-refractivity contribution in [3.8, 4) is 0 Å². The van der Waals surface area contributed by atoms with Crippen LogP contribution in [0.4, 0.5) is 18.9 Å². The molecule has 2 saturated heterocycles. The number of hydrogen-bond donors (Lipinski definition) is 0. The van der Waals surface area contributed by atoms with Crippen LogP contribution < -0.4 is 4.90 Å². The molecule has 3 aliphatic rings. The molecule has 1 atom stereocenters. The van der Waals surface area contributed by atoms with Crippen LogP contribution in [0.2, 0.25) is 0 Å². The van der Waals surface area contributed by atoms with Gasteiger partial charge in [0.25, 0.3) is 17.7 Å². The second-order valence-corrected chi connectivity index (χ2v) is 11.0. The number of benzene rings is 2. The Labute approximate surface area is 245 Å². The van der Waals surface area contributed by atoms with Crippen LogP contribution >= 0.6 is 0 Å². The smallest absolute Gasteiger partial charge is 0.416 e. The number of carbonyl (C=O) groups excluding carboxylic acids is 4. The number of halogens is 3. The summed E-state index contributed by atoms with van der Waals surface area (Å²) in [5.74, 6) is -1.43. The first-order valence-corrected chi connectivity index (χ1v) is 14.1. The highest BCUT2D eigenvalue weighted by Crippen LogP contribution is 2.36. The van der Waals surface area contributed by atoms with Gasteiger partial charge in [-0.05, 0) is 54.8 Å². The van der Waals surface area contributed by atoms with Crippen molar-refractivity contribution in [2.45, 2.75) is 25.6 Å². The molecule has 0 radical (unpaired) electrons. The van der Waals surface area contributed by atoms with E-state index in [2.05, 4.69) is 0 Å². The van der Waals surface area contributed by atoms with Gasteiger partial charge in [0.2, 0.25) is 5.91 Å². The molecule has 4 amide bonds. The lowest BCUT2D eigenvalue weighted by Gasteiger charge is -2.39. The van der Waals surface area contributed by atoms with Crippen LogP contribution in [-0.4, -0.2) is 77.6 Å². The molecule has 2 aromatic carbocycles. The lowest BCUT2D eigenvalue weighted by atomic mass is 9.94. The fourth-order valence-corrected chi connectivity index (χ4v) is 6.09. The number of anilines is 1. The molecule has 0 N–H and O–H groups in total. The Balaban J connectivity index is 1.14. The maximum Gasteiger partial charge on any atom is 0.416 e. The predicted octanol–water partition coefficient (Wildman–Crippen LogP) is 4.30. The zero-order valence-electron chi connectivity index (χ0n) is 23.2. The summed E-state index contributed by atoms with van der Waals surface area (Å²) in [4.78, 5) is 59.2. The summed E-state index contributed by atoms with van der Waals surface area (Å²) in [5.41, 5.74) is 0.281. The van der Waals surface area contributed by atoms with E-state index in [0.717, 1.165) is 17.0 Å². The third-order valence-corrected chi connectivity index (χ3v) is 8.29. The first kappa shape index (κ1) is 28.5. The van der Waals surface area contributed by atoms with E-state index in [0.29, 0.717) is 57.8 Å². The second kappa shape index (κ2) is 11.2. The van der Waals surface area contributed by atoms with E-state index in [1.807, 2.05) is 4.90 Å². The van der Waals surface area contributed by atoms with Crippen molar-refractivity contribution in [1.82, 2.24) is 14.7 Å². The van der Waals surface area contributed by atoms with Crippen LogP contribution in [-0.2, 0) is 17.5 Å². The molecule has 3 aliphatic heterocycles. The van der Waals surface area contributed by atoms with Gasteiger partial charge in [-0.2, -0.15) is 13.2 Å². The first-order valence-electron chi connectivity index (χ1n) is 14.1. The highest BCUT2D eigenvalue weighted by Gasteiger charge is 2.40. The fourth-order valence-electron chi connectivity index (χ4n) is 6.09. The van der Waals surface area contributed by atoms with E-state index in [9.17, 15) is 32.3 Å². The van der Waals surface area contributed by atoms with Gasteiger partial charge >= 0.3 is 6.18 Å². The molecule has 12 heteroatoms. The number of fused-ring (bicyclic) bond motifs is 1. The highest BCUT2D eigenvalue weighted by atomic mass is 19.4. The Bertz CT molecular complexity index is 1560. The number of imide groups is 1. The Kier molecular flexibility index (Phi) is 7.45. The zero-order valence-corrected chi connectivity index (χ0v) is 23.2. The Morgan fingerprint density at radius 2 is 1.63 bits per heavy atom. The van der Waals surface area contributed by atoms with E-state index in [1.54, 1.807) is 40.1 Å². The van der Waals surface area contributed by atoms with Crippen molar-refractivity contribution in [2.24, 2.45) is 5.92 Å². The van der Waals surface area contributed by atoms with Crippen molar-refractivity contribution in [3.05, 3.63) is 88.9 Å². The topological polar surface area (TPSA) is 94.4 Å². The molecule has 0 aliphatic carbocycles. The summed E-state index contributed by atoms with van der Waals surface area (Å²) in [6.07, 6.45) is -1.72. The maximum atomic E-state index is 13.5. The lowest BCUT2D eigenvalue weighted by molar-refractivity contribution is -0.138. The summed E-state index contributed by atoms with van der Waals surface area (Å²) < 4.78 is 44.9. The molecule has 1 unspecified atom stereocenters. The van der Waals surface area contributed by atoms with Crippen LogP contribution in [0.3, 0.4) is 0 Å². The summed E-state index contributed by atoms with van der Waals surface area (Å²) in [7, 11) is 0. The zero-order chi connectivity index (χ0) is 30.3. The largest absolute Gasteiger partial charge is 0.459 e. The van der Waals surface area contributed by atoms with E-state index in [1.165, 1.54) is 18.4 Å². The monoisotopic (exact) mass is 594 g/mol. The van der Waals surface area contributed by atoms with Crippen molar-refractivity contribution in [3.63, 3.8) is 0 Å². The minimum absolute atomic E-state index is 0.0176. The van der Waals surface area contributed by atoms with Crippen LogP contribution in [0.1, 0.15) is 55.2 Å². The lowest BCUT2D eigenvalue weighted by Crippen LogP contribution is -2.53. The average molecular weight is 595 g/mol. The third-order valence-electron chi connectivity index (χ3n) is 8.29. The van der Waals surface area contributed by atoms with E-state index >= 15 is 0 Å². The Morgan fingerprint density at radius 3 is 2.35 bits per heavy atom. The number of hydrogen-bond acceptors (Lipinski definition) is 6. The molecule has 0 bridgehead atoms. The van der Waals surface area contributed by atoms with Crippen molar-refractivity contribution >= 4 is 29.3 Å². The van der Waals surface area contributed by atoms with E-state index in [-0.39, 0.29) is 46.7 Å². The normalized spacial score (nSPS) is 19.2. The number of piperazine rings is 1. The number of nitrogens with zero attached hydrogens (tertiary/aromatic N) is 4. The molecular weight excluding hydrogens is 565 g/mol. The predicted molar refractivity (Wildman–Crippen MR) is 148 cm³/mol. The first-order chi connectivity index (χ1) is 20.6. The van der Waals surface area contributed by atoms with Gasteiger partial charge in [0.05, 0.1) is 41.1 Å². The minimum Gasteiger partial charge on any atom is -0.459 e. The number of piperidine rings is 1. The number of furan rings is 1. The van der Waals surface area contributed by atoms with Crippen LogP contribution in [0.25, 0.3) is 0 Å². The summed E-state index contributed by atoms with van der Waals surface area (Å²) in [6, 6.07) is 12.8. The molecule has 3 aromatic rings. The minimum atomic E-state index is -4.54. The summed E-state index contributed by atoms with van der Waals surface area (Å²) in [6.45, 7) is 2.25. The highest BCUT2D eigenvalue weighted by molar-refractivity contribution is 6.23. The van der Waals surface area contributed by atoms with Gasteiger partial charge in [-0.1, -0.05) is 18.2 Å². The Morgan fingerprint density at radius 1 is 0.884 bits per heavy atom. The van der Waals surface area contributed by atoms with Gasteiger partial charge in [0.15, 0.2) is 5.76 Å². The molecule has 4 heterocycles. The maximum absolute atomic E-state index is 13.5. The van der Waals surface area contributed by atoms with E-state index < -0.39 is 23.6 Å². The quantitative estimate of drug-likeness (QED) is 0.409. The number of amides is 4. The fraction of sp³-hybridized carbons (Fsp3) is 0.355. The SMILES string of the molecule is O=C(c1ccco1)N1CCN(C(=O)C2CCCN(c3cccc4c3C(=O)N(Cc3cccc(C(F)(F)F)c3)C4=O)C2)CC1. The van der Waals surface area contributed by atoms with E-state index in [4.69, 9.17) is 4.42 Å². The van der Waals surface area contributed by atoms with Gasteiger partial charge in [-0.3, -0.25) is 24.1 Å². The third kappa shape index (κ3) is 5.49. The molecule has 0 saturated carbocycles. The molecular formula is C31H29F3N4O5. The van der Waals surface area contributed by atoms with Gasteiger partial charge in [-0.25, -0.2) is 0 Å². The molecule has 2 fully saturated rings. The average Bonchev–Trinajstić information content (AvgIpc) is 3.64. The standard InChI is InChI=1S/C31H29F3N4O5/c32-31(33,34)22-7-1-5-20(17-22)18-38-28(40)23-8-2-9-24(26(23)30(38)42)37-11-3-6-21(19-37)27(39)35-12-14-36(15-13-35)29(41)25-10-4-16-43-25/h1-2,4-5,7-10,16-17,21H,3,6,11-15,18-19H2. The molecule has 6 rings (SSSR count). The van der Waals surface area contributed by atoms with Crippen molar-refractivity contribution in [2.75, 3.05) is 44.2 Å². The molecule has 9 nitrogen and oxygen atoms in total. The number of carbonyl (C=O) groups is 4. The molecule has 0 spiro atoms. The van der Waals surface area contributed by atoms with Crippen LogP contribution in [0.15, 0.2) is 65.3 Å². The van der Waals surface area contributed by atoms with Gasteiger partial charge < -0.3 is 19.1 Å². The number of alkyl halides is 3. The number of rotatable bonds is 5. The van der Waals surface area contributed by atoms with Crippen LogP contribution in [0, 0.1) is 5.92 Å². The molecule has 224 valence electrons. The second-order valence-electron chi connectivity index (χ2n) is 11.0. The summed E-state index contributed by atoms with van der Waals surface area (Å²) in [5, 5.41) is 0. The van der Waals surface area contributed by atoms with Crippen LogP contribution in [0.5, 0.6) is 0 Å². The molecule has 43 heavy (non-hydrogen) atoms.